The van der Waals surface area contributed by atoms with Crippen LogP contribution in [-0.2, 0) is 10.0 Å². The molecule has 1 aliphatic heterocycles. The van der Waals surface area contributed by atoms with Gasteiger partial charge in [0, 0.05) is 37.6 Å². The Labute approximate surface area is 171 Å². The van der Waals surface area contributed by atoms with Crippen LogP contribution in [0.15, 0.2) is 53.4 Å². The number of carbonyl (C=O) groups excluding carboxylic acids is 1. The van der Waals surface area contributed by atoms with Crippen molar-refractivity contribution in [2.24, 2.45) is 5.14 Å². The number of piperidine rings is 1. The molecular formula is C19H19F3N2O5S. The molecule has 1 saturated heterocycles. The molecule has 0 radical (unpaired) electrons. The van der Waals surface area contributed by atoms with Crippen LogP contribution in [0.2, 0.25) is 0 Å². The molecule has 0 spiro atoms. The molecule has 0 aliphatic carbocycles. The highest BCUT2D eigenvalue weighted by molar-refractivity contribution is 7.89. The number of rotatable bonds is 5. The molecule has 2 N–H and O–H groups in total. The van der Waals surface area contributed by atoms with Crippen LogP contribution >= 0.6 is 0 Å². The first-order valence-corrected chi connectivity index (χ1v) is 10.5. The third kappa shape index (κ3) is 5.86. The second kappa shape index (κ2) is 8.52. The number of nitrogens with two attached hydrogens (primary N) is 1. The molecule has 0 aromatic heterocycles. The molecule has 0 atom stereocenters. The maximum Gasteiger partial charge on any atom is 0.573 e. The van der Waals surface area contributed by atoms with E-state index in [4.69, 9.17) is 9.88 Å². The summed E-state index contributed by atoms with van der Waals surface area (Å²) in [5, 5.41) is 5.04. The third-order valence-corrected chi connectivity index (χ3v) is 5.43. The summed E-state index contributed by atoms with van der Waals surface area (Å²) in [5.41, 5.74) is 0.332. The van der Waals surface area contributed by atoms with Crippen molar-refractivity contribution in [3.8, 4) is 11.5 Å². The Kier molecular flexibility index (Phi) is 6.22. The number of amides is 1. The standard InChI is InChI=1S/C19H19F3N2O5S/c20-19(21,22)29-16-3-1-2-15(12-16)28-14-8-10-24(11-9-14)18(25)13-4-6-17(7-5-13)30(23,26)27/h1-7,12,14H,8-11H2,(H2,23,26,27). The van der Waals surface area contributed by atoms with E-state index in [9.17, 15) is 26.4 Å². The minimum absolute atomic E-state index is 0.0807. The molecule has 30 heavy (non-hydrogen) atoms. The lowest BCUT2D eigenvalue weighted by molar-refractivity contribution is -0.274. The van der Waals surface area contributed by atoms with E-state index in [-0.39, 0.29) is 28.4 Å². The highest BCUT2D eigenvalue weighted by atomic mass is 32.2. The minimum Gasteiger partial charge on any atom is -0.490 e. The van der Waals surface area contributed by atoms with Crippen LogP contribution < -0.4 is 14.6 Å². The number of alkyl halides is 3. The Bertz CT molecular complexity index is 1000. The lowest BCUT2D eigenvalue weighted by Gasteiger charge is -2.32. The van der Waals surface area contributed by atoms with Gasteiger partial charge in [0.2, 0.25) is 10.0 Å². The van der Waals surface area contributed by atoms with E-state index in [1.165, 1.54) is 42.5 Å². The van der Waals surface area contributed by atoms with Gasteiger partial charge in [-0.3, -0.25) is 4.79 Å². The van der Waals surface area contributed by atoms with Crippen LogP contribution in [-0.4, -0.2) is 44.8 Å². The molecule has 0 bridgehead atoms. The van der Waals surface area contributed by atoms with Crippen LogP contribution in [0, 0.1) is 0 Å². The molecule has 0 saturated carbocycles. The molecule has 0 unspecified atom stereocenters. The Morgan fingerprint density at radius 2 is 1.63 bits per heavy atom. The number of sulfonamides is 1. The van der Waals surface area contributed by atoms with Gasteiger partial charge in [0.1, 0.15) is 17.6 Å². The predicted octanol–water partition coefficient (Wildman–Crippen LogP) is 2.92. The van der Waals surface area contributed by atoms with Gasteiger partial charge in [-0.15, -0.1) is 13.2 Å². The van der Waals surface area contributed by atoms with Crippen molar-refractivity contribution in [2.75, 3.05) is 13.1 Å². The zero-order valence-electron chi connectivity index (χ0n) is 15.6. The lowest BCUT2D eigenvalue weighted by Crippen LogP contribution is -2.41. The predicted molar refractivity (Wildman–Crippen MR) is 100 cm³/mol. The van der Waals surface area contributed by atoms with E-state index >= 15 is 0 Å². The first kappa shape index (κ1) is 21.9. The Hall–Kier alpha value is -2.79. The average Bonchev–Trinajstić information content (AvgIpc) is 2.66. The van der Waals surface area contributed by atoms with Gasteiger partial charge in [0.05, 0.1) is 4.90 Å². The van der Waals surface area contributed by atoms with Gasteiger partial charge >= 0.3 is 6.36 Å². The molecule has 1 amide bonds. The van der Waals surface area contributed by atoms with E-state index < -0.39 is 16.4 Å². The number of likely N-dealkylation sites (tertiary alicyclic amines) is 1. The van der Waals surface area contributed by atoms with E-state index in [1.807, 2.05) is 0 Å². The van der Waals surface area contributed by atoms with E-state index in [2.05, 4.69) is 4.74 Å². The zero-order chi connectivity index (χ0) is 21.9. The minimum atomic E-state index is -4.78. The molecular weight excluding hydrogens is 425 g/mol. The lowest BCUT2D eigenvalue weighted by atomic mass is 10.1. The van der Waals surface area contributed by atoms with Crippen molar-refractivity contribution in [2.45, 2.75) is 30.2 Å². The summed E-state index contributed by atoms with van der Waals surface area (Å²) in [6, 6.07) is 10.6. The van der Waals surface area contributed by atoms with Crippen LogP contribution in [0.3, 0.4) is 0 Å². The average molecular weight is 444 g/mol. The van der Waals surface area contributed by atoms with Gasteiger partial charge in [-0.25, -0.2) is 13.6 Å². The summed E-state index contributed by atoms with van der Waals surface area (Å²) in [6.07, 6.45) is -4.06. The largest absolute Gasteiger partial charge is 0.573 e. The first-order valence-electron chi connectivity index (χ1n) is 8.96. The van der Waals surface area contributed by atoms with Gasteiger partial charge in [-0.05, 0) is 36.4 Å². The quantitative estimate of drug-likeness (QED) is 0.765. The summed E-state index contributed by atoms with van der Waals surface area (Å²) in [5.74, 6) is -0.370. The van der Waals surface area contributed by atoms with Gasteiger partial charge in [0.25, 0.3) is 5.91 Å². The zero-order valence-corrected chi connectivity index (χ0v) is 16.4. The van der Waals surface area contributed by atoms with Crippen LogP contribution in [0.25, 0.3) is 0 Å². The molecule has 162 valence electrons. The van der Waals surface area contributed by atoms with E-state index in [1.54, 1.807) is 4.90 Å². The van der Waals surface area contributed by atoms with Gasteiger partial charge in [-0.2, -0.15) is 0 Å². The number of primary sulfonamides is 1. The van der Waals surface area contributed by atoms with Crippen molar-refractivity contribution in [1.29, 1.82) is 0 Å². The number of hydrogen-bond acceptors (Lipinski definition) is 5. The summed E-state index contributed by atoms with van der Waals surface area (Å²) in [7, 11) is -3.83. The molecule has 11 heteroatoms. The second-order valence-corrected chi connectivity index (χ2v) is 8.26. The van der Waals surface area contributed by atoms with Crippen molar-refractivity contribution >= 4 is 15.9 Å². The Balaban J connectivity index is 1.56. The van der Waals surface area contributed by atoms with Crippen LogP contribution in [0.1, 0.15) is 23.2 Å². The number of carbonyl (C=O) groups is 1. The number of halogens is 3. The van der Waals surface area contributed by atoms with Crippen molar-refractivity contribution in [1.82, 2.24) is 4.90 Å². The van der Waals surface area contributed by atoms with Crippen molar-refractivity contribution in [3.05, 3.63) is 54.1 Å². The molecule has 3 rings (SSSR count). The SMILES string of the molecule is NS(=O)(=O)c1ccc(C(=O)N2CCC(Oc3cccc(OC(F)(F)F)c3)CC2)cc1. The molecule has 2 aromatic carbocycles. The molecule has 2 aromatic rings. The highest BCUT2D eigenvalue weighted by Gasteiger charge is 2.31. The Morgan fingerprint density at radius 3 is 2.20 bits per heavy atom. The number of hydrogen-bond donors (Lipinski definition) is 1. The van der Waals surface area contributed by atoms with Gasteiger partial charge < -0.3 is 14.4 Å². The van der Waals surface area contributed by atoms with Gasteiger partial charge in [0.15, 0.2) is 0 Å². The van der Waals surface area contributed by atoms with E-state index in [0.717, 1.165) is 6.07 Å². The third-order valence-electron chi connectivity index (χ3n) is 4.50. The summed E-state index contributed by atoms with van der Waals surface area (Å²) in [6.45, 7) is 0.776. The normalized spacial score (nSPS) is 15.7. The maximum absolute atomic E-state index is 12.6. The Morgan fingerprint density at radius 1 is 1.03 bits per heavy atom. The smallest absolute Gasteiger partial charge is 0.490 e. The van der Waals surface area contributed by atoms with Crippen LogP contribution in [0.4, 0.5) is 13.2 Å². The highest BCUT2D eigenvalue weighted by Crippen LogP contribution is 2.28. The second-order valence-electron chi connectivity index (χ2n) is 6.70. The fraction of sp³-hybridized carbons (Fsp3) is 0.316. The molecule has 1 aliphatic rings. The number of benzene rings is 2. The monoisotopic (exact) mass is 444 g/mol. The first-order chi connectivity index (χ1) is 14.0. The molecule has 1 heterocycles. The summed E-state index contributed by atoms with van der Waals surface area (Å²) < 4.78 is 69.2. The van der Waals surface area contributed by atoms with Crippen LogP contribution in [0.5, 0.6) is 11.5 Å². The molecule has 7 nitrogen and oxygen atoms in total. The van der Waals surface area contributed by atoms with Crippen molar-refractivity contribution < 1.29 is 35.9 Å². The van der Waals surface area contributed by atoms with Crippen molar-refractivity contribution in [3.63, 3.8) is 0 Å². The molecule has 1 fully saturated rings. The maximum atomic E-state index is 12.6. The fourth-order valence-electron chi connectivity index (χ4n) is 3.08. The van der Waals surface area contributed by atoms with E-state index in [0.29, 0.717) is 31.5 Å². The summed E-state index contributed by atoms with van der Waals surface area (Å²) in [4.78, 5) is 14.1. The summed E-state index contributed by atoms with van der Waals surface area (Å²) >= 11 is 0. The van der Waals surface area contributed by atoms with Gasteiger partial charge in [-0.1, -0.05) is 6.07 Å². The topological polar surface area (TPSA) is 98.9 Å². The fourth-order valence-corrected chi connectivity index (χ4v) is 3.60. The number of nitrogens with zero attached hydrogens (tertiary/aromatic N) is 1. The number of ether oxygens (including phenoxy) is 2.